The first kappa shape index (κ1) is 23.1. The van der Waals surface area contributed by atoms with E-state index >= 15 is 0 Å². The van der Waals surface area contributed by atoms with E-state index in [0.717, 1.165) is 29.9 Å². The summed E-state index contributed by atoms with van der Waals surface area (Å²) >= 11 is 0. The molecule has 0 amide bonds. The summed E-state index contributed by atoms with van der Waals surface area (Å²) in [4.78, 5) is 13.3. The number of aromatic hydroxyl groups is 1. The molecule has 7 nitrogen and oxygen atoms in total. The summed E-state index contributed by atoms with van der Waals surface area (Å²) in [6.45, 7) is 12.4. The number of rotatable bonds is 8. The largest absolute Gasteiger partial charge is 0.507 e. The number of anilines is 1. The Hall–Kier alpha value is -3.22. The number of ether oxygens (including phenoxy) is 1. The van der Waals surface area contributed by atoms with Crippen molar-refractivity contribution >= 4 is 17.4 Å². The minimum absolute atomic E-state index is 0.0451. The molecular weight excluding hydrogens is 384 g/mol. The molecule has 2 aromatic rings. The van der Waals surface area contributed by atoms with E-state index in [1.165, 1.54) is 18.2 Å². The van der Waals surface area contributed by atoms with Gasteiger partial charge in [0.2, 0.25) is 0 Å². The standard InChI is InChI=1S/C23H30N2O5/c1-6-25(7-2)20-11-8-15(12-18(20)23(3,4)5)19(24-29)14-30-16-9-10-17(22(27)28)21(26)13-16/h8-13,26,29H,6-7,14H2,1-5H3,(H,27,28)/b24-19-. The van der Waals surface area contributed by atoms with Gasteiger partial charge < -0.3 is 25.1 Å². The third kappa shape index (κ3) is 5.23. The Morgan fingerprint density at radius 2 is 1.77 bits per heavy atom. The lowest BCUT2D eigenvalue weighted by Crippen LogP contribution is -2.27. The number of oxime groups is 1. The highest BCUT2D eigenvalue weighted by molar-refractivity contribution is 6.02. The molecule has 0 atom stereocenters. The zero-order chi connectivity index (χ0) is 22.5. The molecule has 0 heterocycles. The summed E-state index contributed by atoms with van der Waals surface area (Å²) < 4.78 is 5.62. The third-order valence-corrected chi connectivity index (χ3v) is 4.94. The van der Waals surface area contributed by atoms with Crippen molar-refractivity contribution in [2.45, 2.75) is 40.0 Å². The van der Waals surface area contributed by atoms with E-state index in [4.69, 9.17) is 9.84 Å². The van der Waals surface area contributed by atoms with Gasteiger partial charge in [-0.2, -0.15) is 0 Å². The highest BCUT2D eigenvalue weighted by Crippen LogP contribution is 2.33. The number of carbonyl (C=O) groups is 1. The van der Waals surface area contributed by atoms with Crippen LogP contribution in [0.4, 0.5) is 5.69 Å². The predicted octanol–water partition coefficient (Wildman–Crippen LogP) is 4.49. The second-order valence-corrected chi connectivity index (χ2v) is 7.97. The zero-order valence-electron chi connectivity index (χ0n) is 18.1. The summed E-state index contributed by atoms with van der Waals surface area (Å²) in [5.74, 6) is -1.34. The van der Waals surface area contributed by atoms with Crippen molar-refractivity contribution in [3.8, 4) is 11.5 Å². The Morgan fingerprint density at radius 1 is 1.10 bits per heavy atom. The first-order chi connectivity index (χ1) is 14.1. The van der Waals surface area contributed by atoms with Gasteiger partial charge in [-0.15, -0.1) is 0 Å². The highest BCUT2D eigenvalue weighted by atomic mass is 16.5. The molecular formula is C23H30N2O5. The molecule has 0 saturated heterocycles. The first-order valence-corrected chi connectivity index (χ1v) is 9.92. The molecule has 30 heavy (non-hydrogen) atoms. The number of hydrogen-bond acceptors (Lipinski definition) is 6. The van der Waals surface area contributed by atoms with Gasteiger partial charge in [0.1, 0.15) is 29.4 Å². The van der Waals surface area contributed by atoms with Crippen molar-refractivity contribution in [1.29, 1.82) is 0 Å². The maximum Gasteiger partial charge on any atom is 0.339 e. The smallest absolute Gasteiger partial charge is 0.339 e. The fourth-order valence-corrected chi connectivity index (χ4v) is 3.26. The normalized spacial score (nSPS) is 12.0. The minimum Gasteiger partial charge on any atom is -0.507 e. The third-order valence-electron chi connectivity index (χ3n) is 4.94. The minimum atomic E-state index is -1.22. The molecule has 0 aliphatic heterocycles. The number of phenols is 1. The lowest BCUT2D eigenvalue weighted by Gasteiger charge is -2.30. The molecule has 3 N–H and O–H groups in total. The average Bonchev–Trinajstić information content (AvgIpc) is 2.69. The van der Waals surface area contributed by atoms with Crippen molar-refractivity contribution in [2.24, 2.45) is 5.16 Å². The molecule has 0 bridgehead atoms. The number of benzene rings is 2. The molecule has 2 rings (SSSR count). The fourth-order valence-electron chi connectivity index (χ4n) is 3.26. The summed E-state index contributed by atoms with van der Waals surface area (Å²) in [7, 11) is 0. The molecule has 0 aromatic heterocycles. The quantitative estimate of drug-likeness (QED) is 0.334. The summed E-state index contributed by atoms with van der Waals surface area (Å²) in [6, 6.07) is 9.87. The molecule has 0 unspecified atom stereocenters. The van der Waals surface area contributed by atoms with E-state index in [9.17, 15) is 15.1 Å². The number of nitrogens with zero attached hydrogens (tertiary/aromatic N) is 2. The van der Waals surface area contributed by atoms with Crippen LogP contribution in [0.3, 0.4) is 0 Å². The van der Waals surface area contributed by atoms with Crippen LogP contribution in [-0.2, 0) is 5.41 Å². The fraction of sp³-hybridized carbons (Fsp3) is 0.391. The number of aromatic carboxylic acids is 1. The van der Waals surface area contributed by atoms with Crippen molar-refractivity contribution in [3.05, 3.63) is 53.1 Å². The molecule has 0 aliphatic rings. The van der Waals surface area contributed by atoms with Gasteiger partial charge in [-0.25, -0.2) is 4.79 Å². The Bertz CT molecular complexity index is 928. The molecule has 2 aromatic carbocycles. The predicted molar refractivity (Wildman–Crippen MR) is 118 cm³/mol. The van der Waals surface area contributed by atoms with Gasteiger partial charge in [0.25, 0.3) is 0 Å². The van der Waals surface area contributed by atoms with Crippen molar-refractivity contribution in [1.82, 2.24) is 0 Å². The van der Waals surface area contributed by atoms with Crippen LogP contribution in [0.1, 0.15) is 56.1 Å². The van der Waals surface area contributed by atoms with Crippen molar-refractivity contribution < 1.29 is 25.0 Å². The van der Waals surface area contributed by atoms with Gasteiger partial charge in [-0.05, 0) is 49.1 Å². The van der Waals surface area contributed by atoms with E-state index < -0.39 is 5.97 Å². The molecule has 0 fully saturated rings. The lowest BCUT2D eigenvalue weighted by molar-refractivity contribution is 0.0693. The first-order valence-electron chi connectivity index (χ1n) is 9.92. The Morgan fingerprint density at radius 3 is 2.27 bits per heavy atom. The van der Waals surface area contributed by atoms with Crippen LogP contribution in [0.2, 0.25) is 0 Å². The lowest BCUT2D eigenvalue weighted by atomic mass is 9.84. The van der Waals surface area contributed by atoms with Gasteiger partial charge in [-0.3, -0.25) is 0 Å². The number of carboxylic acids is 1. The van der Waals surface area contributed by atoms with Crippen molar-refractivity contribution in [3.63, 3.8) is 0 Å². The van der Waals surface area contributed by atoms with Gasteiger partial charge in [0, 0.05) is 30.4 Å². The molecule has 0 radical (unpaired) electrons. The molecule has 7 heteroatoms. The van der Waals surface area contributed by atoms with Crippen LogP contribution in [-0.4, -0.2) is 46.8 Å². The van der Waals surface area contributed by atoms with Crippen LogP contribution in [0.5, 0.6) is 11.5 Å². The van der Waals surface area contributed by atoms with Crippen LogP contribution >= 0.6 is 0 Å². The Kier molecular flexibility index (Phi) is 7.32. The van der Waals surface area contributed by atoms with Crippen LogP contribution in [0.15, 0.2) is 41.6 Å². The van der Waals surface area contributed by atoms with Crippen molar-refractivity contribution in [2.75, 3.05) is 24.6 Å². The van der Waals surface area contributed by atoms with E-state index in [0.29, 0.717) is 5.71 Å². The topological polar surface area (TPSA) is 103 Å². The average molecular weight is 415 g/mol. The monoisotopic (exact) mass is 414 g/mol. The van der Waals surface area contributed by atoms with Crippen LogP contribution < -0.4 is 9.64 Å². The van der Waals surface area contributed by atoms with Crippen LogP contribution in [0, 0.1) is 0 Å². The molecule has 0 saturated carbocycles. The van der Waals surface area contributed by atoms with E-state index in [1.54, 1.807) is 0 Å². The van der Waals surface area contributed by atoms with Gasteiger partial charge in [0.05, 0.1) is 0 Å². The number of carboxylic acid groups (broad SMARTS) is 1. The van der Waals surface area contributed by atoms with E-state index in [1.807, 2.05) is 18.2 Å². The second-order valence-electron chi connectivity index (χ2n) is 7.97. The zero-order valence-corrected chi connectivity index (χ0v) is 18.1. The molecule has 162 valence electrons. The number of hydrogen-bond donors (Lipinski definition) is 3. The van der Waals surface area contributed by atoms with E-state index in [2.05, 4.69) is 44.7 Å². The Balaban J connectivity index is 2.30. The van der Waals surface area contributed by atoms with Crippen LogP contribution in [0.25, 0.3) is 0 Å². The van der Waals surface area contributed by atoms with Gasteiger partial charge >= 0.3 is 5.97 Å². The van der Waals surface area contributed by atoms with E-state index in [-0.39, 0.29) is 29.1 Å². The summed E-state index contributed by atoms with van der Waals surface area (Å²) in [5, 5.41) is 31.8. The maximum absolute atomic E-state index is 11.0. The maximum atomic E-state index is 11.0. The highest BCUT2D eigenvalue weighted by Gasteiger charge is 2.22. The molecule has 0 aliphatic carbocycles. The Labute approximate surface area is 177 Å². The SMILES string of the molecule is CCN(CC)c1ccc(/C(COc2ccc(C(=O)O)c(O)c2)=N\O)cc1C(C)(C)C. The van der Waals surface area contributed by atoms with Gasteiger partial charge in [0.15, 0.2) is 0 Å². The second kappa shape index (κ2) is 9.52. The summed E-state index contributed by atoms with van der Waals surface area (Å²) in [6.07, 6.45) is 0. The molecule has 0 spiro atoms. The van der Waals surface area contributed by atoms with Gasteiger partial charge in [-0.1, -0.05) is 32.0 Å². The summed E-state index contributed by atoms with van der Waals surface area (Å²) in [5.41, 5.74) is 3.00.